The van der Waals surface area contributed by atoms with Gasteiger partial charge < -0.3 is 15.6 Å². The maximum Gasteiger partial charge on any atom is 0.247 e. The number of H-pyrrole nitrogens is 1. The van der Waals surface area contributed by atoms with E-state index >= 15 is 0 Å². The maximum atomic E-state index is 12.3. The molecular formula is C16H13ClN4O2. The number of carbonyl (C=O) groups excluding carboxylic acids is 2. The minimum atomic E-state index is -0.498. The number of nitrogens with zero attached hydrogens (tertiary/aromatic N) is 1. The van der Waals surface area contributed by atoms with Crippen molar-refractivity contribution in [2.75, 3.05) is 5.32 Å². The first-order valence-corrected chi connectivity index (χ1v) is 7.65. The second-order valence-corrected chi connectivity index (χ2v) is 6.01. The van der Waals surface area contributed by atoms with E-state index in [2.05, 4.69) is 20.6 Å². The number of amides is 2. The molecule has 6 nitrogen and oxygen atoms in total. The molecule has 0 spiro atoms. The maximum absolute atomic E-state index is 12.3. The van der Waals surface area contributed by atoms with Crippen molar-refractivity contribution < 1.29 is 9.59 Å². The smallest absolute Gasteiger partial charge is 0.247 e. The number of halogens is 1. The van der Waals surface area contributed by atoms with Gasteiger partial charge in [0.25, 0.3) is 0 Å². The van der Waals surface area contributed by atoms with Gasteiger partial charge in [-0.25, -0.2) is 0 Å². The summed E-state index contributed by atoms with van der Waals surface area (Å²) in [5.74, 6) is -0.339. The zero-order valence-electron chi connectivity index (χ0n) is 12.0. The number of aromatic amines is 1. The molecule has 1 atom stereocenters. The third-order valence-electron chi connectivity index (χ3n) is 4.04. The van der Waals surface area contributed by atoms with Crippen LogP contribution in [-0.4, -0.2) is 27.8 Å². The molecule has 7 heteroatoms. The number of aromatic nitrogens is 2. The number of hydrogen-bond acceptors (Lipinski definition) is 3. The Balaban J connectivity index is 1.77. The Labute approximate surface area is 136 Å². The number of pyridine rings is 1. The van der Waals surface area contributed by atoms with Gasteiger partial charge >= 0.3 is 0 Å². The predicted molar refractivity (Wildman–Crippen MR) is 88.4 cm³/mol. The van der Waals surface area contributed by atoms with E-state index in [4.69, 9.17) is 11.6 Å². The van der Waals surface area contributed by atoms with E-state index in [0.717, 1.165) is 21.8 Å². The van der Waals surface area contributed by atoms with Gasteiger partial charge in [0.05, 0.1) is 22.9 Å². The number of rotatable bonds is 2. The van der Waals surface area contributed by atoms with Gasteiger partial charge in [-0.05, 0) is 24.6 Å². The van der Waals surface area contributed by atoms with Crippen LogP contribution in [-0.2, 0) is 9.59 Å². The second-order valence-electron chi connectivity index (χ2n) is 5.57. The molecule has 2 aromatic heterocycles. The minimum Gasteiger partial charge on any atom is -0.352 e. The van der Waals surface area contributed by atoms with Gasteiger partial charge in [-0.15, -0.1) is 0 Å². The third-order valence-corrected chi connectivity index (χ3v) is 4.26. The Kier molecular flexibility index (Phi) is 3.20. The van der Waals surface area contributed by atoms with Crippen molar-refractivity contribution in [1.82, 2.24) is 15.3 Å². The molecule has 116 valence electrons. The quantitative estimate of drug-likeness (QED) is 0.675. The summed E-state index contributed by atoms with van der Waals surface area (Å²) in [6, 6.07) is 4.94. The summed E-state index contributed by atoms with van der Waals surface area (Å²) in [5, 5.41) is 7.95. The molecule has 1 aliphatic heterocycles. The first kappa shape index (κ1) is 14.0. The number of carbonyl (C=O) groups is 2. The topological polar surface area (TPSA) is 86.9 Å². The van der Waals surface area contributed by atoms with Crippen LogP contribution in [0.1, 0.15) is 12.8 Å². The van der Waals surface area contributed by atoms with E-state index in [1.165, 1.54) is 0 Å². The summed E-state index contributed by atoms with van der Waals surface area (Å²) in [4.78, 5) is 31.0. The largest absolute Gasteiger partial charge is 0.352 e. The lowest BCUT2D eigenvalue weighted by atomic mass is 10.1. The lowest BCUT2D eigenvalue weighted by Crippen LogP contribution is -2.37. The molecule has 0 saturated carbocycles. The van der Waals surface area contributed by atoms with Crippen molar-refractivity contribution in [3.63, 3.8) is 0 Å². The van der Waals surface area contributed by atoms with Crippen LogP contribution < -0.4 is 10.6 Å². The summed E-state index contributed by atoms with van der Waals surface area (Å²) in [7, 11) is 0. The Bertz CT molecular complexity index is 950. The molecule has 1 aliphatic rings. The Morgan fingerprint density at radius 2 is 2.22 bits per heavy atom. The summed E-state index contributed by atoms with van der Waals surface area (Å²) < 4.78 is 0. The molecule has 23 heavy (non-hydrogen) atoms. The fraction of sp³-hybridized carbons (Fsp3) is 0.188. The highest BCUT2D eigenvalue weighted by molar-refractivity contribution is 6.33. The first-order valence-electron chi connectivity index (χ1n) is 7.27. The zero-order chi connectivity index (χ0) is 16.0. The predicted octanol–water partition coefficient (Wildman–Crippen LogP) is 2.59. The van der Waals surface area contributed by atoms with Crippen LogP contribution in [0.3, 0.4) is 0 Å². The van der Waals surface area contributed by atoms with Crippen LogP contribution in [0.2, 0.25) is 5.02 Å². The average molecular weight is 329 g/mol. The summed E-state index contributed by atoms with van der Waals surface area (Å²) in [6.07, 6.45) is 4.32. The van der Waals surface area contributed by atoms with Gasteiger partial charge in [0.15, 0.2) is 0 Å². The van der Waals surface area contributed by atoms with Crippen molar-refractivity contribution in [2.24, 2.45) is 0 Å². The molecule has 3 N–H and O–H groups in total. The van der Waals surface area contributed by atoms with Gasteiger partial charge in [0.2, 0.25) is 11.8 Å². The van der Waals surface area contributed by atoms with Crippen LogP contribution in [0.5, 0.6) is 0 Å². The van der Waals surface area contributed by atoms with Gasteiger partial charge in [-0.1, -0.05) is 11.6 Å². The van der Waals surface area contributed by atoms with Crippen LogP contribution in [0, 0.1) is 0 Å². The molecule has 0 unspecified atom stereocenters. The lowest BCUT2D eigenvalue weighted by molar-refractivity contribution is -0.122. The fourth-order valence-electron chi connectivity index (χ4n) is 2.95. The summed E-state index contributed by atoms with van der Waals surface area (Å²) >= 11 is 6.20. The van der Waals surface area contributed by atoms with E-state index in [-0.39, 0.29) is 11.8 Å². The molecule has 1 aromatic carbocycles. The number of anilines is 1. The highest BCUT2D eigenvalue weighted by Crippen LogP contribution is 2.33. The van der Waals surface area contributed by atoms with Gasteiger partial charge in [-0.3, -0.25) is 14.6 Å². The van der Waals surface area contributed by atoms with Crippen molar-refractivity contribution >= 4 is 50.9 Å². The van der Waals surface area contributed by atoms with Gasteiger partial charge in [-0.2, -0.15) is 0 Å². The molecule has 2 amide bonds. The van der Waals surface area contributed by atoms with Gasteiger partial charge in [0, 0.05) is 28.4 Å². The van der Waals surface area contributed by atoms with E-state index < -0.39 is 6.04 Å². The van der Waals surface area contributed by atoms with Crippen molar-refractivity contribution in [2.45, 2.75) is 18.9 Å². The molecule has 4 rings (SSSR count). The van der Waals surface area contributed by atoms with Crippen molar-refractivity contribution in [3.05, 3.63) is 35.6 Å². The summed E-state index contributed by atoms with van der Waals surface area (Å²) in [5.41, 5.74) is 2.25. The number of hydrogen-bond donors (Lipinski definition) is 3. The summed E-state index contributed by atoms with van der Waals surface area (Å²) in [6.45, 7) is 0. The van der Waals surface area contributed by atoms with Gasteiger partial charge in [0.1, 0.15) is 6.04 Å². The lowest BCUT2D eigenvalue weighted by Gasteiger charge is -2.12. The number of fused-ring (bicyclic) bond motifs is 3. The standard InChI is InChI=1S/C16H13ClN4O2/c17-8-5-10-9-3-4-18-7-13(9)20-15(10)12(6-8)21-16(23)11-1-2-14(22)19-11/h3-7,11,20H,1-2H2,(H,19,22)(H,21,23)/t11-/m1/s1. The molecule has 1 saturated heterocycles. The fourth-order valence-corrected chi connectivity index (χ4v) is 3.16. The molecule has 0 radical (unpaired) electrons. The first-order chi connectivity index (χ1) is 11.1. The second kappa shape index (κ2) is 5.24. The van der Waals surface area contributed by atoms with E-state index in [1.54, 1.807) is 18.5 Å². The van der Waals surface area contributed by atoms with E-state index in [0.29, 0.717) is 23.6 Å². The van der Waals surface area contributed by atoms with Crippen LogP contribution >= 0.6 is 11.6 Å². The van der Waals surface area contributed by atoms with Crippen molar-refractivity contribution in [1.29, 1.82) is 0 Å². The third kappa shape index (κ3) is 2.41. The Hall–Kier alpha value is -2.60. The van der Waals surface area contributed by atoms with Crippen molar-refractivity contribution in [3.8, 4) is 0 Å². The molecular weight excluding hydrogens is 316 g/mol. The molecule has 3 aromatic rings. The Morgan fingerprint density at radius 3 is 3.00 bits per heavy atom. The SMILES string of the molecule is O=C1CC[C@H](C(=O)Nc2cc(Cl)cc3c2[nH]c2cnccc23)N1. The normalized spacial score (nSPS) is 17.6. The zero-order valence-corrected chi connectivity index (χ0v) is 12.8. The van der Waals surface area contributed by atoms with Crippen LogP contribution in [0.15, 0.2) is 30.6 Å². The van der Waals surface area contributed by atoms with Crippen LogP contribution in [0.25, 0.3) is 21.8 Å². The molecule has 0 aliphatic carbocycles. The minimum absolute atomic E-state index is 0.0990. The molecule has 3 heterocycles. The number of nitrogens with one attached hydrogen (secondary N) is 3. The average Bonchev–Trinajstić information content (AvgIpc) is 3.11. The van der Waals surface area contributed by atoms with E-state index in [1.807, 2.05) is 12.1 Å². The monoisotopic (exact) mass is 328 g/mol. The highest BCUT2D eigenvalue weighted by atomic mass is 35.5. The molecule has 1 fully saturated rings. The Morgan fingerprint density at radius 1 is 1.35 bits per heavy atom. The molecule has 0 bridgehead atoms. The van der Waals surface area contributed by atoms with Crippen LogP contribution in [0.4, 0.5) is 5.69 Å². The number of benzene rings is 1. The van der Waals surface area contributed by atoms with E-state index in [9.17, 15) is 9.59 Å². The highest BCUT2D eigenvalue weighted by Gasteiger charge is 2.27.